The van der Waals surface area contributed by atoms with Crippen molar-refractivity contribution in [1.29, 1.82) is 0 Å². The highest BCUT2D eigenvalue weighted by Crippen LogP contribution is 2.32. The molecular weight excluding hydrogens is 393 g/mol. The summed E-state index contributed by atoms with van der Waals surface area (Å²) in [5.74, 6) is 1.94. The first-order chi connectivity index (χ1) is 13.7. The van der Waals surface area contributed by atoms with Crippen molar-refractivity contribution in [2.24, 2.45) is 0 Å². The number of benzene rings is 3. The molecule has 0 saturated heterocycles. The molecule has 3 aromatic carbocycles. The van der Waals surface area contributed by atoms with Gasteiger partial charge < -0.3 is 19.5 Å². The standard InChI is InChI=1S/C23H24FNO3.ClH/c1-26-21-12-8-17(9-13-21)14-25-15-19-4-3-5-22(27-2)23(19)28-16-18-6-10-20(24)11-7-18;/h3-13,25H,14-16H2,1-2H3;1H. The summed E-state index contributed by atoms with van der Waals surface area (Å²) in [6.07, 6.45) is 0. The lowest BCUT2D eigenvalue weighted by molar-refractivity contribution is 0.280. The number of rotatable bonds is 9. The molecule has 0 fully saturated rings. The molecular formula is C23H25ClFNO3. The maximum Gasteiger partial charge on any atom is 0.166 e. The Morgan fingerprint density at radius 3 is 2.14 bits per heavy atom. The van der Waals surface area contributed by atoms with Gasteiger partial charge in [0.2, 0.25) is 0 Å². The summed E-state index contributed by atoms with van der Waals surface area (Å²) in [7, 11) is 3.28. The number of hydrogen-bond acceptors (Lipinski definition) is 4. The van der Waals surface area contributed by atoms with Crippen LogP contribution in [0.3, 0.4) is 0 Å². The van der Waals surface area contributed by atoms with E-state index in [1.165, 1.54) is 12.1 Å². The zero-order valence-electron chi connectivity index (χ0n) is 16.5. The van der Waals surface area contributed by atoms with E-state index in [9.17, 15) is 4.39 Å². The van der Waals surface area contributed by atoms with Crippen LogP contribution < -0.4 is 19.5 Å². The predicted octanol–water partition coefficient (Wildman–Crippen LogP) is 5.13. The third kappa shape index (κ3) is 6.38. The van der Waals surface area contributed by atoms with Crippen LogP contribution in [0.25, 0.3) is 0 Å². The minimum absolute atomic E-state index is 0. The number of para-hydroxylation sites is 1. The highest BCUT2D eigenvalue weighted by atomic mass is 35.5. The largest absolute Gasteiger partial charge is 0.497 e. The molecule has 0 radical (unpaired) electrons. The zero-order chi connectivity index (χ0) is 19.8. The number of nitrogens with one attached hydrogen (secondary N) is 1. The maximum atomic E-state index is 13.1. The lowest BCUT2D eigenvalue weighted by Gasteiger charge is -2.16. The molecule has 0 amide bonds. The van der Waals surface area contributed by atoms with E-state index in [-0.39, 0.29) is 18.2 Å². The SMILES string of the molecule is COc1ccc(CNCc2cccc(OC)c2OCc2ccc(F)cc2)cc1.Cl. The smallest absolute Gasteiger partial charge is 0.166 e. The number of methoxy groups -OCH3 is 2. The van der Waals surface area contributed by atoms with Gasteiger partial charge in [-0.1, -0.05) is 36.4 Å². The highest BCUT2D eigenvalue weighted by molar-refractivity contribution is 5.85. The summed E-state index contributed by atoms with van der Waals surface area (Å²) in [6, 6.07) is 20.0. The molecule has 1 N–H and O–H groups in total. The molecule has 0 aliphatic carbocycles. The summed E-state index contributed by atoms with van der Waals surface area (Å²) in [4.78, 5) is 0. The van der Waals surface area contributed by atoms with E-state index < -0.39 is 0 Å². The van der Waals surface area contributed by atoms with Crippen molar-refractivity contribution in [3.63, 3.8) is 0 Å². The summed E-state index contributed by atoms with van der Waals surface area (Å²) < 4.78 is 29.7. The fourth-order valence-corrected chi connectivity index (χ4v) is 2.85. The molecule has 3 aromatic rings. The van der Waals surface area contributed by atoms with Crippen LogP contribution in [0.4, 0.5) is 4.39 Å². The molecule has 6 heteroatoms. The second-order valence-electron chi connectivity index (χ2n) is 6.32. The summed E-state index contributed by atoms with van der Waals surface area (Å²) in [6.45, 7) is 1.69. The molecule has 0 aliphatic rings. The first-order valence-electron chi connectivity index (χ1n) is 9.06. The van der Waals surface area contributed by atoms with Gasteiger partial charge in [-0.25, -0.2) is 4.39 Å². The van der Waals surface area contributed by atoms with Crippen LogP contribution in [0.15, 0.2) is 66.7 Å². The molecule has 0 atom stereocenters. The average Bonchev–Trinajstić information content (AvgIpc) is 2.74. The Morgan fingerprint density at radius 2 is 1.48 bits per heavy atom. The fourth-order valence-electron chi connectivity index (χ4n) is 2.85. The number of halogens is 2. The molecule has 0 aromatic heterocycles. The Hall–Kier alpha value is -2.76. The molecule has 0 unspecified atom stereocenters. The quantitative estimate of drug-likeness (QED) is 0.523. The van der Waals surface area contributed by atoms with Gasteiger partial charge >= 0.3 is 0 Å². The van der Waals surface area contributed by atoms with Gasteiger partial charge in [-0.2, -0.15) is 0 Å². The molecule has 0 spiro atoms. The molecule has 4 nitrogen and oxygen atoms in total. The fraction of sp³-hybridized carbons (Fsp3) is 0.217. The van der Waals surface area contributed by atoms with Crippen molar-refractivity contribution >= 4 is 12.4 Å². The maximum absolute atomic E-state index is 13.1. The monoisotopic (exact) mass is 417 g/mol. The Kier molecular flexibility index (Phi) is 8.77. The molecule has 3 rings (SSSR count). The van der Waals surface area contributed by atoms with Gasteiger partial charge in [0.25, 0.3) is 0 Å². The van der Waals surface area contributed by atoms with E-state index in [1.807, 2.05) is 42.5 Å². The lowest BCUT2D eigenvalue weighted by atomic mass is 10.1. The van der Waals surface area contributed by atoms with Gasteiger partial charge in [0, 0.05) is 18.7 Å². The van der Waals surface area contributed by atoms with E-state index in [0.29, 0.717) is 24.7 Å². The van der Waals surface area contributed by atoms with Gasteiger partial charge in [-0.15, -0.1) is 12.4 Å². The van der Waals surface area contributed by atoms with Crippen LogP contribution in [0, 0.1) is 5.82 Å². The molecule has 154 valence electrons. The van der Waals surface area contributed by atoms with E-state index in [2.05, 4.69) is 5.32 Å². The zero-order valence-corrected chi connectivity index (χ0v) is 17.3. The minimum atomic E-state index is -0.260. The Labute approximate surface area is 177 Å². The third-order valence-electron chi connectivity index (χ3n) is 4.38. The second-order valence-corrected chi connectivity index (χ2v) is 6.32. The van der Waals surface area contributed by atoms with Crippen LogP contribution in [0.1, 0.15) is 16.7 Å². The van der Waals surface area contributed by atoms with Gasteiger partial charge in [-0.3, -0.25) is 0 Å². The van der Waals surface area contributed by atoms with Crippen molar-refractivity contribution in [1.82, 2.24) is 5.32 Å². The van der Waals surface area contributed by atoms with Crippen LogP contribution in [0.5, 0.6) is 17.2 Å². The molecule has 0 saturated carbocycles. The third-order valence-corrected chi connectivity index (χ3v) is 4.38. The first-order valence-corrected chi connectivity index (χ1v) is 9.06. The van der Waals surface area contributed by atoms with Gasteiger partial charge in [0.05, 0.1) is 14.2 Å². The number of hydrogen-bond donors (Lipinski definition) is 1. The van der Waals surface area contributed by atoms with Crippen LogP contribution in [-0.2, 0) is 19.7 Å². The van der Waals surface area contributed by atoms with E-state index in [1.54, 1.807) is 26.4 Å². The molecule has 0 heterocycles. The van der Waals surface area contributed by atoms with Crippen molar-refractivity contribution in [3.8, 4) is 17.2 Å². The van der Waals surface area contributed by atoms with Crippen molar-refractivity contribution < 1.29 is 18.6 Å². The van der Waals surface area contributed by atoms with Crippen LogP contribution in [-0.4, -0.2) is 14.2 Å². The summed E-state index contributed by atoms with van der Waals surface area (Å²) in [5.41, 5.74) is 3.05. The topological polar surface area (TPSA) is 39.7 Å². The Balaban J connectivity index is 0.00000300. The van der Waals surface area contributed by atoms with Crippen molar-refractivity contribution in [2.45, 2.75) is 19.7 Å². The summed E-state index contributed by atoms with van der Waals surface area (Å²) >= 11 is 0. The highest BCUT2D eigenvalue weighted by Gasteiger charge is 2.11. The second kappa shape index (κ2) is 11.3. The number of ether oxygens (including phenoxy) is 3. The van der Waals surface area contributed by atoms with Crippen LogP contribution >= 0.6 is 12.4 Å². The first kappa shape index (κ1) is 22.5. The van der Waals surface area contributed by atoms with Gasteiger partial charge in [0.15, 0.2) is 11.5 Å². The van der Waals surface area contributed by atoms with Crippen molar-refractivity contribution in [2.75, 3.05) is 14.2 Å². The van der Waals surface area contributed by atoms with E-state index in [4.69, 9.17) is 14.2 Å². The van der Waals surface area contributed by atoms with E-state index in [0.717, 1.165) is 29.0 Å². The molecule has 29 heavy (non-hydrogen) atoms. The van der Waals surface area contributed by atoms with E-state index >= 15 is 0 Å². The van der Waals surface area contributed by atoms with Gasteiger partial charge in [0.1, 0.15) is 18.2 Å². The normalized spacial score (nSPS) is 10.2. The minimum Gasteiger partial charge on any atom is -0.497 e. The Morgan fingerprint density at radius 1 is 0.793 bits per heavy atom. The molecule has 0 aliphatic heterocycles. The Bertz CT molecular complexity index is 886. The molecule has 0 bridgehead atoms. The van der Waals surface area contributed by atoms with Gasteiger partial charge in [-0.05, 0) is 41.5 Å². The lowest BCUT2D eigenvalue weighted by Crippen LogP contribution is -2.14. The predicted molar refractivity (Wildman–Crippen MR) is 115 cm³/mol. The van der Waals surface area contributed by atoms with Crippen LogP contribution in [0.2, 0.25) is 0 Å². The summed E-state index contributed by atoms with van der Waals surface area (Å²) in [5, 5.41) is 3.43. The van der Waals surface area contributed by atoms with Crippen molar-refractivity contribution in [3.05, 3.63) is 89.2 Å². The average molecular weight is 418 g/mol.